The van der Waals surface area contributed by atoms with Crippen LogP contribution in [0.2, 0.25) is 0 Å². The van der Waals surface area contributed by atoms with Crippen molar-refractivity contribution in [1.82, 2.24) is 15.1 Å². The standard InChI is InChI=1S/C13H22N4O/c1-8(2)12-6-10(16-17(12)3)13(18)15-11(7-14)9-4-5-9/h6,8-9,11H,4-5,7,14H2,1-3H3,(H,15,18). The molecule has 0 radical (unpaired) electrons. The molecule has 1 unspecified atom stereocenters. The molecular weight excluding hydrogens is 228 g/mol. The summed E-state index contributed by atoms with van der Waals surface area (Å²) in [7, 11) is 1.87. The number of hydrogen-bond acceptors (Lipinski definition) is 3. The van der Waals surface area contributed by atoms with E-state index in [1.807, 2.05) is 13.1 Å². The normalized spacial score (nSPS) is 16.9. The van der Waals surface area contributed by atoms with E-state index in [1.165, 1.54) is 12.8 Å². The zero-order chi connectivity index (χ0) is 13.3. The third-order valence-electron chi connectivity index (χ3n) is 3.50. The van der Waals surface area contributed by atoms with Crippen LogP contribution in [-0.4, -0.2) is 28.3 Å². The fraction of sp³-hybridized carbons (Fsp3) is 0.692. The fourth-order valence-corrected chi connectivity index (χ4v) is 2.24. The molecule has 1 aliphatic carbocycles. The predicted molar refractivity (Wildman–Crippen MR) is 70.3 cm³/mol. The second kappa shape index (κ2) is 5.10. The number of aryl methyl sites for hydroxylation is 1. The van der Waals surface area contributed by atoms with Crippen molar-refractivity contribution in [3.8, 4) is 0 Å². The second-order valence-electron chi connectivity index (χ2n) is 5.39. The summed E-state index contributed by atoms with van der Waals surface area (Å²) in [6, 6.07) is 1.96. The summed E-state index contributed by atoms with van der Waals surface area (Å²) in [6.45, 7) is 4.68. The summed E-state index contributed by atoms with van der Waals surface area (Å²) in [4.78, 5) is 12.1. The van der Waals surface area contributed by atoms with Crippen molar-refractivity contribution >= 4 is 5.91 Å². The first kappa shape index (κ1) is 13.1. The van der Waals surface area contributed by atoms with Crippen LogP contribution in [0, 0.1) is 5.92 Å². The molecule has 0 bridgehead atoms. The highest BCUT2D eigenvalue weighted by Gasteiger charge is 2.31. The number of nitrogens with two attached hydrogens (primary N) is 1. The number of hydrogen-bond donors (Lipinski definition) is 2. The molecule has 5 heteroatoms. The number of carbonyl (C=O) groups excluding carboxylic acids is 1. The van der Waals surface area contributed by atoms with Crippen LogP contribution >= 0.6 is 0 Å². The van der Waals surface area contributed by atoms with Gasteiger partial charge in [0, 0.05) is 25.3 Å². The van der Waals surface area contributed by atoms with Gasteiger partial charge in [0.05, 0.1) is 0 Å². The molecule has 1 aromatic heterocycles. The largest absolute Gasteiger partial charge is 0.346 e. The Kier molecular flexibility index (Phi) is 3.71. The number of rotatable bonds is 5. The van der Waals surface area contributed by atoms with Crippen molar-refractivity contribution in [1.29, 1.82) is 0 Å². The number of amides is 1. The molecule has 0 saturated heterocycles. The number of nitrogens with one attached hydrogen (secondary N) is 1. The van der Waals surface area contributed by atoms with Gasteiger partial charge in [-0.2, -0.15) is 5.10 Å². The summed E-state index contributed by atoms with van der Waals surface area (Å²) in [5.74, 6) is 0.810. The molecule has 1 amide bonds. The second-order valence-corrected chi connectivity index (χ2v) is 5.39. The van der Waals surface area contributed by atoms with Gasteiger partial charge in [0.15, 0.2) is 0 Å². The highest BCUT2D eigenvalue weighted by molar-refractivity contribution is 5.92. The van der Waals surface area contributed by atoms with E-state index in [2.05, 4.69) is 24.3 Å². The topological polar surface area (TPSA) is 72.9 Å². The molecule has 1 aliphatic rings. The van der Waals surface area contributed by atoms with Crippen LogP contribution in [0.25, 0.3) is 0 Å². The molecule has 1 saturated carbocycles. The minimum absolute atomic E-state index is 0.0991. The van der Waals surface area contributed by atoms with Crippen molar-refractivity contribution < 1.29 is 4.79 Å². The van der Waals surface area contributed by atoms with Crippen LogP contribution in [0.5, 0.6) is 0 Å². The molecule has 5 nitrogen and oxygen atoms in total. The Morgan fingerprint density at radius 3 is 2.72 bits per heavy atom. The van der Waals surface area contributed by atoms with Crippen molar-refractivity contribution in [2.24, 2.45) is 18.7 Å². The van der Waals surface area contributed by atoms with Crippen LogP contribution in [0.4, 0.5) is 0 Å². The van der Waals surface area contributed by atoms with Crippen molar-refractivity contribution in [3.63, 3.8) is 0 Å². The summed E-state index contributed by atoms with van der Waals surface area (Å²) in [5.41, 5.74) is 7.24. The highest BCUT2D eigenvalue weighted by atomic mass is 16.2. The summed E-state index contributed by atoms with van der Waals surface area (Å²) in [5, 5.41) is 7.25. The number of nitrogens with zero attached hydrogens (tertiary/aromatic N) is 2. The van der Waals surface area contributed by atoms with Gasteiger partial charge in [-0.1, -0.05) is 13.8 Å². The molecule has 18 heavy (non-hydrogen) atoms. The van der Waals surface area contributed by atoms with E-state index in [-0.39, 0.29) is 11.9 Å². The molecule has 0 aromatic carbocycles. The number of carbonyl (C=O) groups is 1. The highest BCUT2D eigenvalue weighted by Crippen LogP contribution is 2.32. The van der Waals surface area contributed by atoms with Crippen LogP contribution in [0.3, 0.4) is 0 Å². The maximum Gasteiger partial charge on any atom is 0.272 e. The monoisotopic (exact) mass is 250 g/mol. The Hall–Kier alpha value is -1.36. The minimum Gasteiger partial charge on any atom is -0.346 e. The van der Waals surface area contributed by atoms with Crippen LogP contribution in [0.1, 0.15) is 48.8 Å². The van der Waals surface area contributed by atoms with Crippen LogP contribution in [0.15, 0.2) is 6.07 Å². The van der Waals surface area contributed by atoms with Gasteiger partial charge in [-0.3, -0.25) is 9.48 Å². The van der Waals surface area contributed by atoms with Gasteiger partial charge >= 0.3 is 0 Å². The molecule has 1 atom stereocenters. The average Bonchev–Trinajstić information content (AvgIpc) is 3.08. The van der Waals surface area contributed by atoms with Gasteiger partial charge in [-0.15, -0.1) is 0 Å². The predicted octanol–water partition coefficient (Wildman–Crippen LogP) is 1.01. The molecule has 1 fully saturated rings. The smallest absolute Gasteiger partial charge is 0.272 e. The van der Waals surface area contributed by atoms with Gasteiger partial charge in [0.1, 0.15) is 5.69 Å². The van der Waals surface area contributed by atoms with Crippen molar-refractivity contribution in [3.05, 3.63) is 17.5 Å². The van der Waals surface area contributed by atoms with E-state index in [0.29, 0.717) is 24.1 Å². The molecular formula is C13H22N4O. The maximum absolute atomic E-state index is 12.1. The molecule has 0 aliphatic heterocycles. The Morgan fingerprint density at radius 1 is 1.61 bits per heavy atom. The third-order valence-corrected chi connectivity index (χ3v) is 3.50. The first-order valence-electron chi connectivity index (χ1n) is 6.57. The average molecular weight is 250 g/mol. The van der Waals surface area contributed by atoms with E-state index < -0.39 is 0 Å². The van der Waals surface area contributed by atoms with E-state index in [0.717, 1.165) is 5.69 Å². The Labute approximate surface area is 108 Å². The molecule has 1 aromatic rings. The minimum atomic E-state index is -0.111. The van der Waals surface area contributed by atoms with E-state index in [9.17, 15) is 4.79 Å². The van der Waals surface area contributed by atoms with Crippen LogP contribution < -0.4 is 11.1 Å². The van der Waals surface area contributed by atoms with E-state index >= 15 is 0 Å². The Balaban J connectivity index is 2.06. The first-order chi connectivity index (χ1) is 8.52. The molecule has 100 valence electrons. The lowest BCUT2D eigenvalue weighted by molar-refractivity contribution is 0.0927. The zero-order valence-electron chi connectivity index (χ0n) is 11.3. The molecule has 0 spiro atoms. The van der Waals surface area contributed by atoms with E-state index in [1.54, 1.807) is 4.68 Å². The van der Waals surface area contributed by atoms with Gasteiger partial charge in [-0.05, 0) is 30.7 Å². The number of aromatic nitrogens is 2. The summed E-state index contributed by atoms with van der Waals surface area (Å²) in [6.07, 6.45) is 2.34. The quantitative estimate of drug-likeness (QED) is 0.819. The van der Waals surface area contributed by atoms with Gasteiger partial charge in [0.25, 0.3) is 5.91 Å². The van der Waals surface area contributed by atoms with Crippen LogP contribution in [-0.2, 0) is 7.05 Å². The Bertz CT molecular complexity index is 434. The lowest BCUT2D eigenvalue weighted by Gasteiger charge is -2.14. The fourth-order valence-electron chi connectivity index (χ4n) is 2.24. The van der Waals surface area contributed by atoms with Gasteiger partial charge in [0.2, 0.25) is 0 Å². The lowest BCUT2D eigenvalue weighted by Crippen LogP contribution is -2.41. The van der Waals surface area contributed by atoms with E-state index in [4.69, 9.17) is 5.73 Å². The lowest BCUT2D eigenvalue weighted by atomic mass is 10.1. The van der Waals surface area contributed by atoms with Gasteiger partial charge < -0.3 is 11.1 Å². The Morgan fingerprint density at radius 2 is 2.28 bits per heavy atom. The van der Waals surface area contributed by atoms with Crippen molar-refractivity contribution in [2.75, 3.05) is 6.54 Å². The summed E-state index contributed by atoms with van der Waals surface area (Å²) >= 11 is 0. The molecule has 2 rings (SSSR count). The van der Waals surface area contributed by atoms with Crippen molar-refractivity contribution in [2.45, 2.75) is 38.6 Å². The molecule has 1 heterocycles. The summed E-state index contributed by atoms with van der Waals surface area (Å²) < 4.78 is 1.77. The maximum atomic E-state index is 12.1. The third kappa shape index (κ3) is 2.72. The molecule has 3 N–H and O–H groups in total. The first-order valence-corrected chi connectivity index (χ1v) is 6.57. The van der Waals surface area contributed by atoms with Gasteiger partial charge in [-0.25, -0.2) is 0 Å². The zero-order valence-corrected chi connectivity index (χ0v) is 11.3. The SMILES string of the molecule is CC(C)c1cc(C(=O)NC(CN)C2CC2)nn1C.